The zero-order valence-electron chi connectivity index (χ0n) is 19.6. The number of phenols is 1. The van der Waals surface area contributed by atoms with Gasteiger partial charge in [-0.2, -0.15) is 4.31 Å². The number of phenolic OH excluding ortho intramolecular Hbond substituents is 1. The summed E-state index contributed by atoms with van der Waals surface area (Å²) >= 11 is 6.10. The van der Waals surface area contributed by atoms with E-state index in [2.05, 4.69) is 4.90 Å². The molecule has 4 rings (SSSR count). The molecule has 0 amide bonds. The van der Waals surface area contributed by atoms with E-state index >= 15 is 0 Å². The molecule has 1 unspecified atom stereocenters. The molecular formula is C26H26ClFN2O5S. The predicted octanol–water partition coefficient (Wildman–Crippen LogP) is 4.00. The number of halogens is 2. The number of hydrogen-bond acceptors (Lipinski definition) is 6. The van der Waals surface area contributed by atoms with Crippen molar-refractivity contribution in [3.63, 3.8) is 0 Å². The molecular weight excluding hydrogens is 507 g/mol. The Hall–Kier alpha value is -2.98. The normalized spacial score (nSPS) is 16.0. The van der Waals surface area contributed by atoms with Crippen LogP contribution in [0.15, 0.2) is 71.6 Å². The van der Waals surface area contributed by atoms with Gasteiger partial charge in [0.15, 0.2) is 0 Å². The van der Waals surface area contributed by atoms with Gasteiger partial charge in [0.25, 0.3) is 0 Å². The van der Waals surface area contributed by atoms with Crippen molar-refractivity contribution < 1.29 is 27.4 Å². The highest BCUT2D eigenvalue weighted by Crippen LogP contribution is 2.36. The van der Waals surface area contributed by atoms with E-state index < -0.39 is 27.9 Å². The Bertz CT molecular complexity index is 1330. The molecule has 7 nitrogen and oxygen atoms in total. The Morgan fingerprint density at radius 3 is 2.28 bits per heavy atom. The molecule has 1 saturated heterocycles. The fourth-order valence-electron chi connectivity index (χ4n) is 4.36. The van der Waals surface area contributed by atoms with Crippen molar-refractivity contribution in [3.05, 3.63) is 94.3 Å². The summed E-state index contributed by atoms with van der Waals surface area (Å²) in [7, 11) is -2.45. The van der Waals surface area contributed by atoms with Gasteiger partial charge in [-0.05, 0) is 59.7 Å². The number of sulfonamides is 1. The van der Waals surface area contributed by atoms with Crippen molar-refractivity contribution >= 4 is 27.6 Å². The lowest BCUT2D eigenvalue weighted by molar-refractivity contribution is -0.139. The lowest BCUT2D eigenvalue weighted by Crippen LogP contribution is -2.49. The number of carbonyl (C=O) groups excluding carboxylic acids is 1. The van der Waals surface area contributed by atoms with Crippen LogP contribution in [0.1, 0.15) is 22.7 Å². The maximum Gasteiger partial charge on any atom is 0.309 e. The molecule has 190 valence electrons. The summed E-state index contributed by atoms with van der Waals surface area (Å²) in [6, 6.07) is 16.6. The summed E-state index contributed by atoms with van der Waals surface area (Å²) in [5.74, 6) is -0.835. The van der Waals surface area contributed by atoms with Gasteiger partial charge in [0.1, 0.15) is 11.6 Å². The van der Waals surface area contributed by atoms with Crippen molar-refractivity contribution in [2.24, 2.45) is 0 Å². The zero-order valence-corrected chi connectivity index (χ0v) is 21.2. The molecule has 0 aliphatic carbocycles. The van der Waals surface area contributed by atoms with E-state index in [-0.39, 0.29) is 30.2 Å². The Kier molecular flexibility index (Phi) is 7.94. The quantitative estimate of drug-likeness (QED) is 0.463. The monoisotopic (exact) mass is 532 g/mol. The molecule has 1 aliphatic rings. The minimum Gasteiger partial charge on any atom is -0.508 e. The fourth-order valence-corrected chi connectivity index (χ4v) is 5.91. The van der Waals surface area contributed by atoms with E-state index in [4.69, 9.17) is 16.3 Å². The second kappa shape index (κ2) is 11.0. The molecule has 3 aromatic rings. The highest BCUT2D eigenvalue weighted by atomic mass is 35.5. The molecule has 36 heavy (non-hydrogen) atoms. The largest absolute Gasteiger partial charge is 0.508 e. The Morgan fingerprint density at radius 2 is 1.67 bits per heavy atom. The fraction of sp³-hybridized carbons (Fsp3) is 0.269. The van der Waals surface area contributed by atoms with Gasteiger partial charge in [0.05, 0.1) is 24.5 Å². The van der Waals surface area contributed by atoms with Crippen LogP contribution >= 0.6 is 11.6 Å². The number of rotatable bonds is 7. The van der Waals surface area contributed by atoms with Crippen molar-refractivity contribution in [3.8, 4) is 5.75 Å². The van der Waals surface area contributed by atoms with Crippen LogP contribution < -0.4 is 0 Å². The van der Waals surface area contributed by atoms with E-state index in [1.165, 1.54) is 23.5 Å². The molecule has 3 aromatic carbocycles. The third kappa shape index (κ3) is 5.70. The smallest absolute Gasteiger partial charge is 0.309 e. The van der Waals surface area contributed by atoms with Gasteiger partial charge >= 0.3 is 5.97 Å². The zero-order chi connectivity index (χ0) is 25.9. The summed E-state index contributed by atoms with van der Waals surface area (Å²) in [5.41, 5.74) is 2.14. The SMILES string of the molecule is COC(=O)Cc1ccc(O)c(C(c2ccc(Cl)cc2)N2CCN(S(=O)(=O)c3ccc(F)cc3)CC2)c1. The number of hydrogen-bond donors (Lipinski definition) is 1. The Balaban J connectivity index is 1.63. The van der Waals surface area contributed by atoms with Crippen LogP contribution in [-0.2, 0) is 26.0 Å². The number of methoxy groups -OCH3 is 1. The number of benzene rings is 3. The van der Waals surface area contributed by atoms with Crippen molar-refractivity contribution in [2.45, 2.75) is 17.4 Å². The second-order valence-corrected chi connectivity index (χ2v) is 10.9. The number of piperazine rings is 1. The second-order valence-electron chi connectivity index (χ2n) is 8.49. The Morgan fingerprint density at radius 1 is 1.03 bits per heavy atom. The van der Waals surface area contributed by atoms with E-state index in [0.29, 0.717) is 29.2 Å². The molecule has 0 aromatic heterocycles. The van der Waals surface area contributed by atoms with Crippen molar-refractivity contribution in [1.29, 1.82) is 0 Å². The molecule has 1 fully saturated rings. The number of ether oxygens (including phenoxy) is 1. The number of carbonyl (C=O) groups is 1. The summed E-state index contributed by atoms with van der Waals surface area (Å²) in [5, 5.41) is 11.4. The van der Waals surface area contributed by atoms with Crippen LogP contribution in [-0.4, -0.2) is 62.0 Å². The lowest BCUT2D eigenvalue weighted by Gasteiger charge is -2.39. The molecule has 1 heterocycles. The molecule has 0 bridgehead atoms. The maximum absolute atomic E-state index is 13.3. The summed E-state index contributed by atoms with van der Waals surface area (Å²) < 4.78 is 45.6. The molecule has 1 aliphatic heterocycles. The lowest BCUT2D eigenvalue weighted by atomic mass is 9.93. The first-order chi connectivity index (χ1) is 17.2. The van der Waals surface area contributed by atoms with Gasteiger partial charge in [-0.3, -0.25) is 9.69 Å². The van der Waals surface area contributed by atoms with Crippen LogP contribution in [0.3, 0.4) is 0 Å². The summed E-state index contributed by atoms with van der Waals surface area (Å²) in [4.78, 5) is 14.0. The third-order valence-corrected chi connectivity index (χ3v) is 8.40. The average Bonchev–Trinajstić information content (AvgIpc) is 2.87. The highest BCUT2D eigenvalue weighted by molar-refractivity contribution is 7.89. The van der Waals surface area contributed by atoms with E-state index in [1.54, 1.807) is 30.3 Å². The van der Waals surface area contributed by atoms with Crippen LogP contribution in [0, 0.1) is 5.82 Å². The highest BCUT2D eigenvalue weighted by Gasteiger charge is 2.33. The van der Waals surface area contributed by atoms with E-state index in [1.807, 2.05) is 12.1 Å². The first kappa shape index (κ1) is 26.1. The Labute approximate surface area is 214 Å². The molecule has 1 atom stereocenters. The van der Waals surface area contributed by atoms with E-state index in [9.17, 15) is 22.7 Å². The molecule has 0 radical (unpaired) electrons. The number of nitrogens with zero attached hydrogens (tertiary/aromatic N) is 2. The van der Waals surface area contributed by atoms with Gasteiger partial charge in [0, 0.05) is 36.8 Å². The minimum absolute atomic E-state index is 0.0414. The van der Waals surface area contributed by atoms with Gasteiger partial charge in [-0.25, -0.2) is 12.8 Å². The van der Waals surface area contributed by atoms with Crippen LogP contribution in [0.4, 0.5) is 4.39 Å². The number of aromatic hydroxyl groups is 1. The summed E-state index contributed by atoms with van der Waals surface area (Å²) in [6.07, 6.45) is 0.0564. The minimum atomic E-state index is -3.77. The van der Waals surface area contributed by atoms with Crippen LogP contribution in [0.2, 0.25) is 5.02 Å². The van der Waals surface area contributed by atoms with Crippen LogP contribution in [0.25, 0.3) is 0 Å². The average molecular weight is 533 g/mol. The molecule has 0 saturated carbocycles. The maximum atomic E-state index is 13.3. The first-order valence-electron chi connectivity index (χ1n) is 11.3. The molecule has 1 N–H and O–H groups in total. The van der Waals surface area contributed by atoms with Crippen molar-refractivity contribution in [1.82, 2.24) is 9.21 Å². The van der Waals surface area contributed by atoms with Gasteiger partial charge in [-0.15, -0.1) is 0 Å². The standard InChI is InChI=1S/C26H26ClFN2O5S/c1-35-25(32)17-18-2-11-24(31)23(16-18)26(19-3-5-20(27)6-4-19)29-12-14-30(15-13-29)36(33,34)22-9-7-21(28)8-10-22/h2-11,16,26,31H,12-15,17H2,1H3. The van der Waals surface area contributed by atoms with Gasteiger partial charge in [0.2, 0.25) is 10.0 Å². The van der Waals surface area contributed by atoms with Gasteiger partial charge in [-0.1, -0.05) is 29.8 Å². The molecule has 0 spiro atoms. The number of esters is 1. The first-order valence-corrected chi connectivity index (χ1v) is 13.1. The molecule has 10 heteroatoms. The van der Waals surface area contributed by atoms with Gasteiger partial charge < -0.3 is 9.84 Å². The third-order valence-electron chi connectivity index (χ3n) is 6.24. The predicted molar refractivity (Wildman–Crippen MR) is 134 cm³/mol. The van der Waals surface area contributed by atoms with E-state index in [0.717, 1.165) is 17.7 Å². The van der Waals surface area contributed by atoms with Crippen molar-refractivity contribution in [2.75, 3.05) is 33.3 Å². The van der Waals surface area contributed by atoms with Crippen LogP contribution in [0.5, 0.6) is 5.75 Å². The topological polar surface area (TPSA) is 87.2 Å². The summed E-state index contributed by atoms with van der Waals surface area (Å²) in [6.45, 7) is 1.20.